The number of pyridine rings is 1. The highest BCUT2D eigenvalue weighted by atomic mass is 16.5. The van der Waals surface area contributed by atoms with Gasteiger partial charge in [-0.1, -0.05) is 24.5 Å². The van der Waals surface area contributed by atoms with Crippen molar-refractivity contribution in [3.05, 3.63) is 53.9 Å². The predicted molar refractivity (Wildman–Crippen MR) is 120 cm³/mol. The van der Waals surface area contributed by atoms with Crippen LogP contribution in [0.25, 0.3) is 11.2 Å². The Labute approximate surface area is 177 Å². The molecule has 0 aliphatic carbocycles. The molecule has 2 aromatic heterocycles. The third-order valence-electron chi connectivity index (χ3n) is 5.44. The molecular weight excluding hydrogens is 374 g/mol. The molecule has 1 aliphatic rings. The van der Waals surface area contributed by atoms with Gasteiger partial charge in [-0.2, -0.15) is 0 Å². The van der Waals surface area contributed by atoms with Crippen molar-refractivity contribution in [2.45, 2.75) is 25.3 Å². The van der Waals surface area contributed by atoms with Gasteiger partial charge in [-0.25, -0.2) is 15.0 Å². The molecule has 1 atom stereocenters. The molecule has 0 bridgehead atoms. The first-order valence-corrected chi connectivity index (χ1v) is 10.4. The van der Waals surface area contributed by atoms with Gasteiger partial charge in [0.25, 0.3) is 0 Å². The number of likely N-dealkylation sites (N-methyl/N-ethyl adjacent to an activating group) is 1. The molecule has 0 N–H and O–H groups in total. The molecule has 1 aromatic carbocycles. The molecule has 3 heterocycles. The van der Waals surface area contributed by atoms with Crippen LogP contribution < -0.4 is 9.64 Å². The van der Waals surface area contributed by atoms with E-state index >= 15 is 0 Å². The first kappa shape index (κ1) is 20.1. The maximum absolute atomic E-state index is 6.17. The third kappa shape index (κ3) is 4.52. The second kappa shape index (κ2) is 9.10. The lowest BCUT2D eigenvalue weighted by Gasteiger charge is -2.32. The standard InChI is InChI=1S/C24H27N5O/c1-28(2)22-12-5-4-9-18(22)13-14-21-24(27-20-11-8-15-25-23(20)26-21)30-17-19-10-6-7-16-29(19)3/h4-5,8-9,11-12,15,19H,6-7,10,16-17H2,1-3H3. The van der Waals surface area contributed by atoms with E-state index < -0.39 is 0 Å². The number of anilines is 1. The number of fused-ring (bicyclic) bond motifs is 1. The fourth-order valence-electron chi connectivity index (χ4n) is 3.69. The number of piperidine rings is 1. The molecule has 0 radical (unpaired) electrons. The van der Waals surface area contributed by atoms with Gasteiger partial charge < -0.3 is 14.5 Å². The Balaban J connectivity index is 1.67. The molecule has 3 aromatic rings. The first-order valence-electron chi connectivity index (χ1n) is 10.4. The van der Waals surface area contributed by atoms with E-state index in [-0.39, 0.29) is 0 Å². The number of rotatable bonds is 4. The number of aromatic nitrogens is 3. The van der Waals surface area contributed by atoms with Crippen LogP contribution in [0.2, 0.25) is 0 Å². The first-order chi connectivity index (χ1) is 14.6. The molecule has 0 amide bonds. The van der Waals surface area contributed by atoms with Gasteiger partial charge in [0.05, 0.1) is 5.69 Å². The monoisotopic (exact) mass is 401 g/mol. The summed E-state index contributed by atoms with van der Waals surface area (Å²) in [6.45, 7) is 1.69. The highest BCUT2D eigenvalue weighted by molar-refractivity contribution is 5.71. The lowest BCUT2D eigenvalue weighted by molar-refractivity contribution is 0.122. The summed E-state index contributed by atoms with van der Waals surface area (Å²) in [5, 5.41) is 0. The highest BCUT2D eigenvalue weighted by Gasteiger charge is 2.20. The lowest BCUT2D eigenvalue weighted by atomic mass is 10.0. The molecule has 1 fully saturated rings. The zero-order chi connectivity index (χ0) is 20.9. The van der Waals surface area contributed by atoms with Crippen LogP contribution >= 0.6 is 0 Å². The van der Waals surface area contributed by atoms with Crippen LogP contribution in [-0.4, -0.2) is 60.2 Å². The van der Waals surface area contributed by atoms with Crippen LogP contribution in [0.5, 0.6) is 5.88 Å². The Bertz CT molecular complexity index is 1090. The van der Waals surface area contributed by atoms with Crippen molar-refractivity contribution in [2.24, 2.45) is 0 Å². The van der Waals surface area contributed by atoms with Crippen molar-refractivity contribution in [1.29, 1.82) is 0 Å². The number of benzene rings is 1. The van der Waals surface area contributed by atoms with Crippen LogP contribution in [-0.2, 0) is 0 Å². The van der Waals surface area contributed by atoms with E-state index in [2.05, 4.69) is 38.7 Å². The summed E-state index contributed by atoms with van der Waals surface area (Å²) >= 11 is 0. The molecule has 30 heavy (non-hydrogen) atoms. The van der Waals surface area contributed by atoms with Crippen molar-refractivity contribution in [3.8, 4) is 17.7 Å². The van der Waals surface area contributed by atoms with E-state index in [1.165, 1.54) is 12.8 Å². The Morgan fingerprint density at radius 1 is 1.10 bits per heavy atom. The predicted octanol–water partition coefficient (Wildman–Crippen LogP) is 3.35. The van der Waals surface area contributed by atoms with E-state index in [0.717, 1.165) is 24.2 Å². The average Bonchev–Trinajstić information content (AvgIpc) is 2.77. The van der Waals surface area contributed by atoms with Crippen LogP contribution in [0.3, 0.4) is 0 Å². The maximum atomic E-state index is 6.17. The van der Waals surface area contributed by atoms with Gasteiger partial charge >= 0.3 is 0 Å². The van der Waals surface area contributed by atoms with Gasteiger partial charge in [-0.15, -0.1) is 0 Å². The van der Waals surface area contributed by atoms with Crippen molar-refractivity contribution in [3.63, 3.8) is 0 Å². The summed E-state index contributed by atoms with van der Waals surface area (Å²) in [6, 6.07) is 12.2. The summed E-state index contributed by atoms with van der Waals surface area (Å²) in [5.74, 6) is 6.91. The molecule has 4 rings (SSSR count). The Morgan fingerprint density at radius 2 is 1.97 bits per heavy atom. The molecule has 6 nitrogen and oxygen atoms in total. The topological polar surface area (TPSA) is 54.4 Å². The second-order valence-electron chi connectivity index (χ2n) is 7.83. The van der Waals surface area contributed by atoms with E-state index in [0.29, 0.717) is 35.4 Å². The van der Waals surface area contributed by atoms with Crippen LogP contribution in [0.4, 0.5) is 5.69 Å². The van der Waals surface area contributed by atoms with Gasteiger partial charge in [0.15, 0.2) is 11.3 Å². The van der Waals surface area contributed by atoms with Crippen molar-refractivity contribution in [2.75, 3.05) is 39.2 Å². The molecular formula is C24H27N5O. The summed E-state index contributed by atoms with van der Waals surface area (Å²) in [6.07, 6.45) is 5.33. The van der Waals surface area contributed by atoms with Crippen LogP contribution in [0, 0.1) is 11.8 Å². The third-order valence-corrected chi connectivity index (χ3v) is 5.44. The summed E-state index contributed by atoms with van der Waals surface area (Å²) in [5.41, 5.74) is 3.80. The number of para-hydroxylation sites is 1. The Morgan fingerprint density at radius 3 is 2.80 bits per heavy atom. The molecule has 154 valence electrons. The number of hydrogen-bond acceptors (Lipinski definition) is 6. The normalized spacial score (nSPS) is 16.7. The van der Waals surface area contributed by atoms with Gasteiger partial charge in [-0.05, 0) is 56.6 Å². The highest BCUT2D eigenvalue weighted by Crippen LogP contribution is 2.21. The fraction of sp³-hybridized carbons (Fsp3) is 0.375. The molecule has 1 unspecified atom stereocenters. The smallest absolute Gasteiger partial charge is 0.249 e. The fourth-order valence-corrected chi connectivity index (χ4v) is 3.69. The molecule has 0 saturated carbocycles. The lowest BCUT2D eigenvalue weighted by Crippen LogP contribution is -2.40. The second-order valence-corrected chi connectivity index (χ2v) is 7.83. The molecule has 6 heteroatoms. The largest absolute Gasteiger partial charge is 0.474 e. The number of nitrogens with zero attached hydrogens (tertiary/aromatic N) is 5. The summed E-state index contributed by atoms with van der Waals surface area (Å²) in [4.78, 5) is 18.1. The molecule has 0 spiro atoms. The quantitative estimate of drug-likeness (QED) is 0.625. The van der Waals surface area contributed by atoms with Gasteiger partial charge in [0, 0.05) is 31.9 Å². The number of ether oxygens (including phenoxy) is 1. The molecule has 1 aliphatic heterocycles. The maximum Gasteiger partial charge on any atom is 0.249 e. The zero-order valence-electron chi connectivity index (χ0n) is 17.8. The minimum Gasteiger partial charge on any atom is -0.474 e. The minimum absolute atomic E-state index is 0.389. The van der Waals surface area contributed by atoms with Crippen LogP contribution in [0.1, 0.15) is 30.5 Å². The van der Waals surface area contributed by atoms with Crippen molar-refractivity contribution in [1.82, 2.24) is 19.9 Å². The minimum atomic E-state index is 0.389. The van der Waals surface area contributed by atoms with E-state index in [1.807, 2.05) is 55.4 Å². The zero-order valence-corrected chi connectivity index (χ0v) is 17.8. The SMILES string of the molecule is CN(C)c1ccccc1C#Cc1nc2ncccc2nc1OCC1CCCCN1C. The van der Waals surface area contributed by atoms with Gasteiger partial charge in [0.1, 0.15) is 12.1 Å². The van der Waals surface area contributed by atoms with Crippen molar-refractivity contribution < 1.29 is 4.74 Å². The van der Waals surface area contributed by atoms with Crippen LogP contribution in [0.15, 0.2) is 42.6 Å². The summed E-state index contributed by atoms with van der Waals surface area (Å²) < 4.78 is 6.17. The molecule has 1 saturated heterocycles. The van der Waals surface area contributed by atoms with E-state index in [9.17, 15) is 0 Å². The number of likely N-dealkylation sites (tertiary alicyclic amines) is 1. The Hall–Kier alpha value is -3.17. The van der Waals surface area contributed by atoms with E-state index in [1.54, 1.807) is 6.20 Å². The van der Waals surface area contributed by atoms with Gasteiger partial charge in [0.2, 0.25) is 5.88 Å². The Kier molecular flexibility index (Phi) is 6.10. The summed E-state index contributed by atoms with van der Waals surface area (Å²) in [7, 11) is 6.17. The van der Waals surface area contributed by atoms with E-state index in [4.69, 9.17) is 4.74 Å². The average molecular weight is 402 g/mol. The van der Waals surface area contributed by atoms with Gasteiger partial charge in [-0.3, -0.25) is 0 Å². The number of hydrogen-bond donors (Lipinski definition) is 0. The van der Waals surface area contributed by atoms with Crippen molar-refractivity contribution >= 4 is 16.9 Å².